The first-order chi connectivity index (χ1) is 13.9. The fourth-order valence-corrected chi connectivity index (χ4v) is 2.91. The quantitative estimate of drug-likeness (QED) is 0.346. The van der Waals surface area contributed by atoms with Gasteiger partial charge in [0.15, 0.2) is 0 Å². The largest absolute Gasteiger partial charge is 0.303 e. The lowest BCUT2D eigenvalue weighted by molar-refractivity contribution is -0.107. The second-order valence-corrected chi connectivity index (χ2v) is 7.67. The van der Waals surface area contributed by atoms with Crippen LogP contribution in [0.25, 0.3) is 4.91 Å². The minimum atomic E-state index is 0.639. The molecule has 162 valence electrons. The summed E-state index contributed by atoms with van der Waals surface area (Å²) in [5.74, 6) is 0. The van der Waals surface area contributed by atoms with Crippen molar-refractivity contribution in [3.05, 3.63) is 64.4 Å². The number of rotatable bonds is 5. The van der Waals surface area contributed by atoms with Crippen LogP contribution in [-0.4, -0.2) is 11.3 Å². The van der Waals surface area contributed by atoms with Crippen molar-refractivity contribution in [3.63, 3.8) is 0 Å². The van der Waals surface area contributed by atoms with Gasteiger partial charge in [-0.1, -0.05) is 76.4 Å². The maximum Gasteiger partial charge on any atom is 0.119 e. The Morgan fingerprint density at radius 3 is 1.93 bits per heavy atom. The molecule has 0 atom stereocenters. The summed E-state index contributed by atoms with van der Waals surface area (Å²) in [6.45, 7) is 16.5. The van der Waals surface area contributed by atoms with E-state index in [1.165, 1.54) is 39.3 Å². The van der Waals surface area contributed by atoms with E-state index >= 15 is 0 Å². The number of pyridine rings is 1. The molecule has 0 aliphatic carbocycles. The maximum atomic E-state index is 9.17. The van der Waals surface area contributed by atoms with E-state index in [4.69, 9.17) is 11.6 Å². The zero-order valence-electron chi connectivity index (χ0n) is 19.4. The number of halogens is 1. The lowest BCUT2D eigenvalue weighted by Gasteiger charge is -2.12. The minimum Gasteiger partial charge on any atom is -0.303 e. The van der Waals surface area contributed by atoms with Gasteiger partial charge in [0.1, 0.15) is 6.29 Å². The zero-order valence-corrected chi connectivity index (χ0v) is 21.0. The summed E-state index contributed by atoms with van der Waals surface area (Å²) in [5, 5.41) is 0.764. The van der Waals surface area contributed by atoms with Crippen LogP contribution in [0.4, 0.5) is 0 Å². The highest BCUT2D eigenvalue weighted by molar-refractivity contribution is 8.08. The van der Waals surface area contributed by atoms with Crippen molar-refractivity contribution in [3.8, 4) is 0 Å². The van der Waals surface area contributed by atoms with Gasteiger partial charge >= 0.3 is 0 Å². The Morgan fingerprint density at radius 1 is 1.03 bits per heavy atom. The van der Waals surface area contributed by atoms with Crippen molar-refractivity contribution in [2.24, 2.45) is 0 Å². The highest BCUT2D eigenvalue weighted by Gasteiger charge is 2.09. The monoisotopic (exact) mass is 435 g/mol. The number of aromatic nitrogens is 1. The molecule has 0 unspecified atom stereocenters. The van der Waals surface area contributed by atoms with Crippen molar-refractivity contribution >= 4 is 34.6 Å². The van der Waals surface area contributed by atoms with Gasteiger partial charge in [-0.2, -0.15) is 0 Å². The van der Waals surface area contributed by atoms with Crippen LogP contribution in [0.2, 0.25) is 5.02 Å². The molecule has 29 heavy (non-hydrogen) atoms. The molecule has 0 aliphatic heterocycles. The Labute approximate surface area is 188 Å². The number of benzene rings is 1. The topological polar surface area (TPSA) is 30.0 Å². The number of unbranched alkanes of at least 4 members (excludes halogenated alkanes) is 1. The number of carbonyl (C=O) groups is 1. The van der Waals surface area contributed by atoms with Crippen molar-refractivity contribution in [2.75, 3.05) is 0 Å². The van der Waals surface area contributed by atoms with Gasteiger partial charge in [0, 0.05) is 39.2 Å². The average molecular weight is 436 g/mol. The highest BCUT2D eigenvalue weighted by Crippen LogP contribution is 2.37. The molecule has 0 radical (unpaired) electrons. The lowest BCUT2D eigenvalue weighted by atomic mass is 10.1. The Balaban J connectivity index is 0. The number of allylic oxidation sites excluding steroid dienone is 1. The van der Waals surface area contributed by atoms with Crippen molar-refractivity contribution in [1.82, 2.24) is 4.98 Å². The molecule has 0 amide bonds. The van der Waals surface area contributed by atoms with Gasteiger partial charge in [-0.3, -0.25) is 4.98 Å². The van der Waals surface area contributed by atoms with Crippen molar-refractivity contribution in [1.29, 1.82) is 0 Å². The Morgan fingerprint density at radius 2 is 1.55 bits per heavy atom. The van der Waals surface area contributed by atoms with Gasteiger partial charge in [0.05, 0.1) is 0 Å². The van der Waals surface area contributed by atoms with Gasteiger partial charge in [-0.25, -0.2) is 0 Å². The van der Waals surface area contributed by atoms with Crippen LogP contribution in [0, 0.1) is 6.92 Å². The molecule has 1 aromatic heterocycles. The third-order valence-electron chi connectivity index (χ3n) is 3.44. The summed E-state index contributed by atoms with van der Waals surface area (Å²) in [7, 11) is 0. The number of carbonyl (C=O) groups excluding carboxylic acids is 1. The molecule has 0 spiro atoms. The van der Waals surface area contributed by atoms with Crippen LogP contribution in [0.1, 0.15) is 78.9 Å². The predicted molar refractivity (Wildman–Crippen MR) is 133 cm³/mol. The number of aldehydes is 1. The van der Waals surface area contributed by atoms with Gasteiger partial charge in [0.2, 0.25) is 0 Å². The second kappa shape index (κ2) is 19.7. The number of nitrogens with zero attached hydrogens (tertiary/aromatic N) is 1. The van der Waals surface area contributed by atoms with Crippen molar-refractivity contribution < 1.29 is 4.79 Å². The lowest BCUT2D eigenvalue weighted by Crippen LogP contribution is -1.89. The van der Waals surface area contributed by atoms with Crippen LogP contribution in [0.5, 0.6) is 0 Å². The maximum absolute atomic E-state index is 9.17. The Bertz CT molecular complexity index is 690. The number of hydrogen-bond acceptors (Lipinski definition) is 3. The fourth-order valence-electron chi connectivity index (χ4n) is 1.75. The first kappa shape index (κ1) is 29.6. The molecule has 0 saturated carbocycles. The van der Waals surface area contributed by atoms with E-state index in [1.807, 2.05) is 63.5 Å². The van der Waals surface area contributed by atoms with Crippen LogP contribution in [-0.2, 0) is 4.79 Å². The average Bonchev–Trinajstić information content (AvgIpc) is 2.75. The molecule has 2 aromatic rings. The van der Waals surface area contributed by atoms with E-state index in [9.17, 15) is 4.79 Å². The van der Waals surface area contributed by atoms with Crippen molar-refractivity contribution in [2.45, 2.75) is 79.5 Å². The molecular formula is C25H38ClNOS. The van der Waals surface area contributed by atoms with E-state index in [2.05, 4.69) is 39.6 Å². The molecule has 0 bridgehead atoms. The highest BCUT2D eigenvalue weighted by atomic mass is 35.5. The van der Waals surface area contributed by atoms with E-state index in [-0.39, 0.29) is 0 Å². The number of hydrogen-bond donors (Lipinski definition) is 0. The normalized spacial score (nSPS) is 8.86. The van der Waals surface area contributed by atoms with Crippen LogP contribution < -0.4 is 0 Å². The van der Waals surface area contributed by atoms with E-state index in [0.717, 1.165) is 11.3 Å². The number of aryl methyl sites for hydroxylation is 1. The summed E-state index contributed by atoms with van der Waals surface area (Å²) in [4.78, 5) is 15.9. The molecule has 0 fully saturated rings. The standard InChI is InChI=1S/C16H16ClNS.C4H10.C3H6O.C2H6/c1-11(2)16(15-10-18-9-8-12(15)3)19-14-6-4-13(17)5-7-14;1-3-4-2;1-2-3-4;1-2/h4-10H,1-3H3;3-4H2,1-2H3;3H,2H2,1H3;1-2H3. The molecule has 0 aliphatic rings. The first-order valence-electron chi connectivity index (χ1n) is 10.4. The smallest absolute Gasteiger partial charge is 0.119 e. The summed E-state index contributed by atoms with van der Waals surface area (Å²) in [5.41, 5.74) is 3.73. The SMILES string of the molecule is CC.CC(C)=C(Sc1ccc(Cl)cc1)c1cnccc1C.CCC=O.CCCC. The molecule has 0 saturated heterocycles. The third kappa shape index (κ3) is 14.1. The molecule has 1 heterocycles. The molecule has 2 nitrogen and oxygen atoms in total. The van der Waals surface area contributed by atoms with Gasteiger partial charge in [-0.05, 0) is 56.7 Å². The summed E-state index contributed by atoms with van der Waals surface area (Å²) in [6.07, 6.45) is 7.91. The summed E-state index contributed by atoms with van der Waals surface area (Å²) >= 11 is 7.68. The second-order valence-electron chi connectivity index (χ2n) is 6.15. The molecule has 2 rings (SSSR count). The van der Waals surface area contributed by atoms with E-state index in [0.29, 0.717) is 6.42 Å². The zero-order chi connectivity index (χ0) is 22.7. The minimum absolute atomic E-state index is 0.639. The molecule has 0 N–H and O–H groups in total. The third-order valence-corrected chi connectivity index (χ3v) is 5.03. The van der Waals surface area contributed by atoms with Gasteiger partial charge in [-0.15, -0.1) is 0 Å². The summed E-state index contributed by atoms with van der Waals surface area (Å²) in [6, 6.07) is 9.97. The van der Waals surface area contributed by atoms with Crippen LogP contribution in [0.15, 0.2) is 53.2 Å². The Kier molecular flexibility index (Phi) is 20.1. The van der Waals surface area contributed by atoms with Gasteiger partial charge < -0.3 is 4.79 Å². The molecule has 4 heteroatoms. The predicted octanol–water partition coefficient (Wildman–Crippen LogP) is 9.01. The first-order valence-corrected chi connectivity index (χ1v) is 11.6. The van der Waals surface area contributed by atoms with E-state index < -0.39 is 0 Å². The molecule has 1 aromatic carbocycles. The van der Waals surface area contributed by atoms with Gasteiger partial charge in [0.25, 0.3) is 0 Å². The van der Waals surface area contributed by atoms with E-state index in [1.54, 1.807) is 11.8 Å². The van der Waals surface area contributed by atoms with Crippen LogP contribution in [0.3, 0.4) is 0 Å². The fraction of sp³-hybridized carbons (Fsp3) is 0.440. The Hall–Kier alpha value is -1.58. The summed E-state index contributed by atoms with van der Waals surface area (Å²) < 4.78 is 0. The van der Waals surface area contributed by atoms with Crippen LogP contribution >= 0.6 is 23.4 Å². The molecular weight excluding hydrogens is 398 g/mol. The number of thioether (sulfide) groups is 1.